The van der Waals surface area contributed by atoms with Gasteiger partial charge in [-0.15, -0.1) is 0 Å². The molecule has 8 nitrogen and oxygen atoms in total. The van der Waals surface area contributed by atoms with E-state index < -0.39 is 6.04 Å². The summed E-state index contributed by atoms with van der Waals surface area (Å²) in [7, 11) is 0. The largest absolute Gasteiger partial charge is 0.328 e. The molecule has 3 aromatic rings. The van der Waals surface area contributed by atoms with Gasteiger partial charge in [0.25, 0.3) is 5.91 Å². The van der Waals surface area contributed by atoms with Gasteiger partial charge in [0.05, 0.1) is 17.5 Å². The van der Waals surface area contributed by atoms with Crippen molar-refractivity contribution in [3.8, 4) is 0 Å². The van der Waals surface area contributed by atoms with Crippen LogP contribution in [0.25, 0.3) is 0 Å². The standard InChI is InChI=1S/C17H15N7O/c1-11-14(16(25)23-13-5-3-7-19-9-13)15(12-4-2-6-18-8-12)24-17(22-11)20-10-21-24/h2-10,15H,1H3,(H,23,25)(H,20,21,22)/t15-/m0/s1. The van der Waals surface area contributed by atoms with Crippen molar-refractivity contribution in [1.29, 1.82) is 0 Å². The molecule has 0 saturated heterocycles. The lowest BCUT2D eigenvalue weighted by Gasteiger charge is -2.28. The molecule has 0 aliphatic carbocycles. The zero-order valence-corrected chi connectivity index (χ0v) is 13.4. The molecule has 1 aliphatic heterocycles. The van der Waals surface area contributed by atoms with Crippen LogP contribution in [-0.4, -0.2) is 30.6 Å². The number of nitrogens with zero attached hydrogens (tertiary/aromatic N) is 5. The lowest BCUT2D eigenvalue weighted by molar-refractivity contribution is -0.113. The van der Waals surface area contributed by atoms with Crippen molar-refractivity contribution in [3.05, 3.63) is 72.2 Å². The summed E-state index contributed by atoms with van der Waals surface area (Å²) in [6, 6.07) is 6.89. The summed E-state index contributed by atoms with van der Waals surface area (Å²) >= 11 is 0. The number of allylic oxidation sites excluding steroid dienone is 1. The van der Waals surface area contributed by atoms with Crippen LogP contribution >= 0.6 is 0 Å². The molecule has 4 rings (SSSR count). The highest BCUT2D eigenvalue weighted by molar-refractivity contribution is 6.05. The Bertz CT molecular complexity index is 934. The molecular formula is C17H15N7O. The summed E-state index contributed by atoms with van der Waals surface area (Å²) in [5.74, 6) is 0.359. The van der Waals surface area contributed by atoms with Crippen LogP contribution in [0.15, 0.2) is 66.7 Å². The predicted molar refractivity (Wildman–Crippen MR) is 91.6 cm³/mol. The summed E-state index contributed by atoms with van der Waals surface area (Å²) < 4.78 is 1.68. The summed E-state index contributed by atoms with van der Waals surface area (Å²) in [6.07, 6.45) is 8.14. The van der Waals surface area contributed by atoms with E-state index in [9.17, 15) is 4.79 Å². The molecule has 1 aliphatic rings. The Morgan fingerprint density at radius 2 is 2.00 bits per heavy atom. The second kappa shape index (κ2) is 6.16. The van der Waals surface area contributed by atoms with E-state index in [4.69, 9.17) is 0 Å². The van der Waals surface area contributed by atoms with E-state index in [2.05, 4.69) is 30.7 Å². The summed E-state index contributed by atoms with van der Waals surface area (Å²) in [4.78, 5) is 25.4. The molecule has 8 heteroatoms. The van der Waals surface area contributed by atoms with E-state index in [1.165, 1.54) is 6.33 Å². The topological polar surface area (TPSA) is 97.6 Å². The monoisotopic (exact) mass is 333 g/mol. The van der Waals surface area contributed by atoms with Crippen LogP contribution in [0.1, 0.15) is 18.5 Å². The zero-order chi connectivity index (χ0) is 17.2. The molecule has 0 fully saturated rings. The van der Waals surface area contributed by atoms with Crippen molar-refractivity contribution in [2.45, 2.75) is 13.0 Å². The van der Waals surface area contributed by atoms with E-state index >= 15 is 0 Å². The molecule has 0 aromatic carbocycles. The van der Waals surface area contributed by atoms with Gasteiger partial charge in [0.1, 0.15) is 12.4 Å². The zero-order valence-electron chi connectivity index (χ0n) is 13.4. The molecule has 0 spiro atoms. The molecule has 1 atom stereocenters. The van der Waals surface area contributed by atoms with Crippen molar-refractivity contribution in [2.75, 3.05) is 10.6 Å². The van der Waals surface area contributed by atoms with Gasteiger partial charge in [-0.05, 0) is 30.7 Å². The van der Waals surface area contributed by atoms with Gasteiger partial charge in [-0.3, -0.25) is 14.8 Å². The van der Waals surface area contributed by atoms with Crippen molar-refractivity contribution in [2.24, 2.45) is 0 Å². The first kappa shape index (κ1) is 15.0. The van der Waals surface area contributed by atoms with Gasteiger partial charge >= 0.3 is 0 Å². The van der Waals surface area contributed by atoms with Crippen LogP contribution in [0, 0.1) is 0 Å². The van der Waals surface area contributed by atoms with Crippen LogP contribution in [0.4, 0.5) is 11.6 Å². The Kier molecular flexibility index (Phi) is 3.70. The number of anilines is 2. The number of pyridine rings is 2. The minimum absolute atomic E-state index is 0.229. The first-order chi connectivity index (χ1) is 12.2. The van der Waals surface area contributed by atoms with E-state index in [-0.39, 0.29) is 5.91 Å². The first-order valence-electron chi connectivity index (χ1n) is 7.72. The number of fused-ring (bicyclic) bond motifs is 1. The number of amides is 1. The minimum Gasteiger partial charge on any atom is -0.328 e. The van der Waals surface area contributed by atoms with E-state index in [1.54, 1.807) is 41.6 Å². The SMILES string of the molecule is CC1=C(C(=O)Nc2cccnc2)[C@H](c2cccnc2)n2ncnc2N1. The fourth-order valence-electron chi connectivity index (χ4n) is 2.87. The third-order valence-corrected chi connectivity index (χ3v) is 3.96. The fourth-order valence-corrected chi connectivity index (χ4v) is 2.87. The van der Waals surface area contributed by atoms with Crippen molar-refractivity contribution in [3.63, 3.8) is 0 Å². The van der Waals surface area contributed by atoms with Crippen LogP contribution < -0.4 is 10.6 Å². The number of rotatable bonds is 3. The van der Waals surface area contributed by atoms with Crippen LogP contribution in [-0.2, 0) is 4.79 Å². The molecule has 0 bridgehead atoms. The molecule has 2 N–H and O–H groups in total. The van der Waals surface area contributed by atoms with Gasteiger partial charge in [0, 0.05) is 24.3 Å². The second-order valence-electron chi connectivity index (χ2n) is 5.58. The molecule has 3 aromatic heterocycles. The highest BCUT2D eigenvalue weighted by atomic mass is 16.1. The Morgan fingerprint density at radius 1 is 1.20 bits per heavy atom. The highest BCUT2D eigenvalue weighted by Gasteiger charge is 2.33. The maximum Gasteiger partial charge on any atom is 0.255 e. The highest BCUT2D eigenvalue weighted by Crippen LogP contribution is 2.34. The maximum atomic E-state index is 13.0. The molecule has 0 radical (unpaired) electrons. The molecule has 0 unspecified atom stereocenters. The maximum absolute atomic E-state index is 13.0. The molecular weight excluding hydrogens is 318 g/mol. The van der Waals surface area contributed by atoms with Gasteiger partial charge in [0.15, 0.2) is 0 Å². The lowest BCUT2D eigenvalue weighted by atomic mass is 9.96. The van der Waals surface area contributed by atoms with Gasteiger partial charge < -0.3 is 10.6 Å². The molecule has 25 heavy (non-hydrogen) atoms. The van der Waals surface area contributed by atoms with E-state index in [0.717, 1.165) is 11.3 Å². The minimum atomic E-state index is -0.413. The number of aromatic nitrogens is 5. The summed E-state index contributed by atoms with van der Waals surface area (Å²) in [5, 5.41) is 10.3. The third-order valence-electron chi connectivity index (χ3n) is 3.96. The first-order valence-corrected chi connectivity index (χ1v) is 7.72. The van der Waals surface area contributed by atoms with E-state index in [1.807, 2.05) is 19.1 Å². The predicted octanol–water partition coefficient (Wildman–Crippen LogP) is 2.00. The molecule has 4 heterocycles. The quantitative estimate of drug-likeness (QED) is 0.761. The van der Waals surface area contributed by atoms with Gasteiger partial charge in [-0.2, -0.15) is 10.1 Å². The Hall–Kier alpha value is -3.55. The lowest BCUT2D eigenvalue weighted by Crippen LogP contribution is -2.31. The van der Waals surface area contributed by atoms with Crippen molar-refractivity contribution >= 4 is 17.5 Å². The van der Waals surface area contributed by atoms with Crippen LogP contribution in [0.3, 0.4) is 0 Å². The Morgan fingerprint density at radius 3 is 2.72 bits per heavy atom. The number of nitrogens with one attached hydrogen (secondary N) is 2. The fraction of sp³-hybridized carbons (Fsp3) is 0.118. The smallest absolute Gasteiger partial charge is 0.255 e. The molecule has 0 saturated carbocycles. The number of carbonyl (C=O) groups excluding carboxylic acids is 1. The second-order valence-corrected chi connectivity index (χ2v) is 5.58. The molecule has 124 valence electrons. The van der Waals surface area contributed by atoms with E-state index in [0.29, 0.717) is 17.2 Å². The van der Waals surface area contributed by atoms with Crippen molar-refractivity contribution < 1.29 is 4.79 Å². The van der Waals surface area contributed by atoms with Gasteiger partial charge in [-0.25, -0.2) is 4.68 Å². The van der Waals surface area contributed by atoms with Gasteiger partial charge in [-0.1, -0.05) is 6.07 Å². The number of hydrogen-bond donors (Lipinski definition) is 2. The summed E-state index contributed by atoms with van der Waals surface area (Å²) in [6.45, 7) is 1.85. The number of carbonyl (C=O) groups is 1. The Labute approximate surface area is 143 Å². The normalized spacial score (nSPS) is 16.1. The summed E-state index contributed by atoms with van der Waals surface area (Å²) in [5.41, 5.74) is 2.75. The molecule has 1 amide bonds. The van der Waals surface area contributed by atoms with Crippen molar-refractivity contribution in [1.82, 2.24) is 24.7 Å². The van der Waals surface area contributed by atoms with Crippen LogP contribution in [0.5, 0.6) is 0 Å². The average Bonchev–Trinajstić information content (AvgIpc) is 3.10. The average molecular weight is 333 g/mol. The number of hydrogen-bond acceptors (Lipinski definition) is 6. The van der Waals surface area contributed by atoms with Gasteiger partial charge in [0.2, 0.25) is 5.95 Å². The Balaban J connectivity index is 1.77. The van der Waals surface area contributed by atoms with Crippen LogP contribution in [0.2, 0.25) is 0 Å². The third kappa shape index (κ3) is 2.74.